The lowest BCUT2D eigenvalue weighted by Gasteiger charge is -2.20. The topological polar surface area (TPSA) is 95.9 Å². The summed E-state index contributed by atoms with van der Waals surface area (Å²) < 4.78 is 5.47. The van der Waals surface area contributed by atoms with E-state index in [2.05, 4.69) is 55.6 Å². The van der Waals surface area contributed by atoms with Gasteiger partial charge in [0.15, 0.2) is 0 Å². The lowest BCUT2D eigenvalue weighted by atomic mass is 10.0. The molecule has 0 spiro atoms. The first kappa shape index (κ1) is 77.8. The number of ether oxygens (including phenoxy) is 1. The van der Waals surface area contributed by atoms with Crippen LogP contribution in [0.4, 0.5) is 0 Å². The van der Waals surface area contributed by atoms with Crippen molar-refractivity contribution in [1.82, 2.24) is 5.32 Å². The minimum Gasteiger partial charge on any atom is -0.466 e. The molecule has 0 fully saturated rings. The summed E-state index contributed by atoms with van der Waals surface area (Å²) in [5.74, 6) is -0.0658. The van der Waals surface area contributed by atoms with Gasteiger partial charge in [-0.25, -0.2) is 0 Å². The van der Waals surface area contributed by atoms with Gasteiger partial charge >= 0.3 is 5.97 Å². The van der Waals surface area contributed by atoms with Crippen LogP contribution in [0.15, 0.2) is 48.6 Å². The van der Waals surface area contributed by atoms with E-state index in [0.29, 0.717) is 19.4 Å². The zero-order chi connectivity index (χ0) is 57.8. The van der Waals surface area contributed by atoms with Crippen LogP contribution in [0, 0.1) is 0 Å². The number of nitrogens with one attached hydrogen (secondary N) is 1. The van der Waals surface area contributed by atoms with Gasteiger partial charge in [-0.15, -0.1) is 0 Å². The Hall–Kier alpha value is -2.18. The highest BCUT2D eigenvalue weighted by molar-refractivity contribution is 5.76. The summed E-state index contributed by atoms with van der Waals surface area (Å²) in [6.07, 6.45) is 90.5. The van der Waals surface area contributed by atoms with E-state index in [1.807, 2.05) is 6.08 Å². The molecule has 0 bridgehead atoms. The Morgan fingerprint density at radius 2 is 0.650 bits per heavy atom. The molecule has 2 atom stereocenters. The molecule has 470 valence electrons. The fourth-order valence-corrected chi connectivity index (χ4v) is 11.1. The van der Waals surface area contributed by atoms with Gasteiger partial charge in [0.1, 0.15) is 0 Å². The molecule has 0 saturated heterocycles. The van der Waals surface area contributed by atoms with Gasteiger partial charge in [-0.2, -0.15) is 0 Å². The molecule has 1 amide bonds. The van der Waals surface area contributed by atoms with Crippen molar-refractivity contribution in [3.8, 4) is 0 Å². The minimum atomic E-state index is -0.847. The number of rotatable bonds is 67. The molecule has 3 N–H and O–H groups in total. The number of hydrogen-bond donors (Lipinski definition) is 3. The van der Waals surface area contributed by atoms with Gasteiger partial charge in [0.05, 0.1) is 25.4 Å². The second-order valence-corrected chi connectivity index (χ2v) is 24.6. The number of aliphatic hydroxyl groups is 2. The maximum absolute atomic E-state index is 12.5. The first-order valence-corrected chi connectivity index (χ1v) is 35.9. The zero-order valence-corrected chi connectivity index (χ0v) is 53.8. The summed E-state index contributed by atoms with van der Waals surface area (Å²) >= 11 is 0. The maximum atomic E-state index is 12.5. The fraction of sp³-hybridized carbons (Fsp3) is 0.865. The van der Waals surface area contributed by atoms with E-state index in [9.17, 15) is 19.8 Å². The molecule has 0 aromatic heterocycles. The smallest absolute Gasteiger partial charge is 0.305 e. The Kier molecular flexibility index (Phi) is 67.4. The molecule has 0 aliphatic heterocycles. The minimum absolute atomic E-state index is 0.000511. The van der Waals surface area contributed by atoms with E-state index in [4.69, 9.17) is 4.74 Å². The average molecular weight is 1120 g/mol. The van der Waals surface area contributed by atoms with Gasteiger partial charge in [-0.3, -0.25) is 9.59 Å². The van der Waals surface area contributed by atoms with Crippen LogP contribution in [0.2, 0.25) is 0 Å². The molecule has 0 aliphatic rings. The van der Waals surface area contributed by atoms with Crippen LogP contribution in [-0.2, 0) is 14.3 Å². The highest BCUT2D eigenvalue weighted by Gasteiger charge is 2.18. The standard InChI is InChI=1S/C74H139NO5/c1-3-5-7-9-11-13-15-17-18-19-20-21-27-30-33-36-39-43-46-50-54-58-62-66-72(77)71(70-76)75-73(78)67-63-59-55-51-47-44-40-37-34-31-28-25-23-22-24-26-29-32-35-38-41-45-49-53-57-61-65-69-80-74(79)68-64-60-56-52-48-42-16-14-12-10-8-6-4-2/h8,10,14,16,22-23,62,66,71-72,76-77H,3-7,9,11-13,15,17-21,24-61,63-65,67-70H2,1-2H3,(H,75,78)/b10-8-,16-14-,23-22-,66-62+. The molecule has 6 heteroatoms. The summed E-state index contributed by atoms with van der Waals surface area (Å²) in [4.78, 5) is 24.6. The summed E-state index contributed by atoms with van der Waals surface area (Å²) in [5.41, 5.74) is 0. The predicted octanol–water partition coefficient (Wildman–Crippen LogP) is 23.3. The fourth-order valence-electron chi connectivity index (χ4n) is 11.1. The molecular weight excluding hydrogens is 983 g/mol. The van der Waals surface area contributed by atoms with E-state index < -0.39 is 12.1 Å². The first-order valence-electron chi connectivity index (χ1n) is 35.9. The van der Waals surface area contributed by atoms with Crippen molar-refractivity contribution in [2.24, 2.45) is 0 Å². The Bertz CT molecular complexity index is 1340. The van der Waals surface area contributed by atoms with Crippen molar-refractivity contribution in [1.29, 1.82) is 0 Å². The largest absolute Gasteiger partial charge is 0.466 e. The summed E-state index contributed by atoms with van der Waals surface area (Å²) in [6.45, 7) is 4.86. The highest BCUT2D eigenvalue weighted by Crippen LogP contribution is 2.18. The van der Waals surface area contributed by atoms with Gasteiger partial charge in [0.25, 0.3) is 0 Å². The molecule has 0 rings (SSSR count). The van der Waals surface area contributed by atoms with E-state index >= 15 is 0 Å². The van der Waals surface area contributed by atoms with Crippen molar-refractivity contribution in [3.63, 3.8) is 0 Å². The number of carbonyl (C=O) groups excluding carboxylic acids is 2. The predicted molar refractivity (Wildman–Crippen MR) is 352 cm³/mol. The molecule has 0 aliphatic carbocycles. The van der Waals surface area contributed by atoms with Crippen LogP contribution in [0.3, 0.4) is 0 Å². The van der Waals surface area contributed by atoms with Crippen molar-refractivity contribution < 1.29 is 24.5 Å². The molecular formula is C74H139NO5. The summed E-state index contributed by atoms with van der Waals surface area (Å²) in [7, 11) is 0. The highest BCUT2D eigenvalue weighted by atomic mass is 16.5. The third-order valence-electron chi connectivity index (χ3n) is 16.5. The van der Waals surface area contributed by atoms with Gasteiger partial charge in [-0.05, 0) is 83.5 Å². The number of hydrogen-bond acceptors (Lipinski definition) is 5. The summed E-state index contributed by atoms with van der Waals surface area (Å²) in [5, 5.41) is 23.3. The lowest BCUT2D eigenvalue weighted by molar-refractivity contribution is -0.143. The Balaban J connectivity index is 3.42. The normalized spacial score (nSPS) is 12.8. The van der Waals surface area contributed by atoms with E-state index in [1.54, 1.807) is 6.08 Å². The van der Waals surface area contributed by atoms with Crippen LogP contribution >= 0.6 is 0 Å². The summed E-state index contributed by atoms with van der Waals surface area (Å²) in [6, 6.07) is -0.631. The van der Waals surface area contributed by atoms with Crippen molar-refractivity contribution >= 4 is 11.9 Å². The monoisotopic (exact) mass is 1120 g/mol. The van der Waals surface area contributed by atoms with Crippen LogP contribution in [0.1, 0.15) is 386 Å². The van der Waals surface area contributed by atoms with Crippen LogP contribution in [-0.4, -0.2) is 47.4 Å². The van der Waals surface area contributed by atoms with Crippen molar-refractivity contribution in [2.75, 3.05) is 13.2 Å². The number of esters is 1. The Morgan fingerprint density at radius 1 is 0.350 bits per heavy atom. The van der Waals surface area contributed by atoms with Crippen molar-refractivity contribution in [2.45, 2.75) is 398 Å². The number of amides is 1. The third kappa shape index (κ3) is 65.0. The molecule has 80 heavy (non-hydrogen) atoms. The second kappa shape index (κ2) is 69.3. The Labute approximate surface area is 499 Å². The average Bonchev–Trinajstić information content (AvgIpc) is 3.46. The molecule has 0 heterocycles. The zero-order valence-electron chi connectivity index (χ0n) is 53.8. The third-order valence-corrected chi connectivity index (χ3v) is 16.5. The number of carbonyl (C=O) groups is 2. The van der Waals surface area contributed by atoms with Gasteiger partial charge in [0.2, 0.25) is 5.91 Å². The number of allylic oxidation sites excluding steroid dienone is 7. The molecule has 0 aromatic rings. The number of unbranched alkanes of at least 4 members (excludes halogenated alkanes) is 50. The quantitative estimate of drug-likeness (QED) is 0.0320. The van der Waals surface area contributed by atoms with E-state index in [1.165, 1.54) is 308 Å². The Morgan fingerprint density at radius 3 is 1.01 bits per heavy atom. The molecule has 6 nitrogen and oxygen atoms in total. The van der Waals surface area contributed by atoms with Gasteiger partial charge < -0.3 is 20.3 Å². The van der Waals surface area contributed by atoms with E-state index in [-0.39, 0.29) is 18.5 Å². The number of aliphatic hydroxyl groups excluding tert-OH is 2. The van der Waals surface area contributed by atoms with Crippen LogP contribution in [0.25, 0.3) is 0 Å². The maximum Gasteiger partial charge on any atom is 0.305 e. The second-order valence-electron chi connectivity index (χ2n) is 24.6. The molecule has 2 unspecified atom stereocenters. The van der Waals surface area contributed by atoms with E-state index in [0.717, 1.165) is 51.4 Å². The molecule has 0 saturated carbocycles. The van der Waals surface area contributed by atoms with Gasteiger partial charge in [-0.1, -0.05) is 339 Å². The molecule has 0 aromatic carbocycles. The lowest BCUT2D eigenvalue weighted by Crippen LogP contribution is -2.45. The van der Waals surface area contributed by atoms with Crippen LogP contribution in [0.5, 0.6) is 0 Å². The van der Waals surface area contributed by atoms with Gasteiger partial charge in [0, 0.05) is 12.8 Å². The van der Waals surface area contributed by atoms with Crippen LogP contribution < -0.4 is 5.32 Å². The van der Waals surface area contributed by atoms with Crippen molar-refractivity contribution in [3.05, 3.63) is 48.6 Å². The molecule has 0 radical (unpaired) electrons. The SMILES string of the molecule is CCC/C=C\C/C=C\CCCCCCCC(=O)OCCCCCCCCCCCCCC/C=C\CCCCCCCCCCCCCC(=O)NC(CO)C(O)/C=C/CCCCCCCCCCCCCCCCCCCCCCC. The first-order chi connectivity index (χ1) is 39.5.